The first-order valence-corrected chi connectivity index (χ1v) is 9.22. The monoisotopic (exact) mass is 377 g/mol. The van der Waals surface area contributed by atoms with Crippen LogP contribution in [-0.4, -0.2) is 36.8 Å². The van der Waals surface area contributed by atoms with Crippen molar-refractivity contribution >= 4 is 17.3 Å². The maximum atomic E-state index is 12.3. The zero-order chi connectivity index (χ0) is 19.9. The Hall–Kier alpha value is -2.58. The summed E-state index contributed by atoms with van der Waals surface area (Å²) in [7, 11) is 3.05. The summed E-state index contributed by atoms with van der Waals surface area (Å²) < 4.78 is 7.77. The lowest BCUT2D eigenvalue weighted by atomic mass is 9.85. The number of aryl methyl sites for hydroxylation is 1. The van der Waals surface area contributed by atoms with Gasteiger partial charge < -0.3 is 15.0 Å². The van der Waals surface area contributed by atoms with Gasteiger partial charge in [-0.1, -0.05) is 6.42 Å². The summed E-state index contributed by atoms with van der Waals surface area (Å²) in [4.78, 5) is 44.1. The minimum atomic E-state index is -0.540. The largest absolute Gasteiger partial charge is 0.444 e. The number of carbonyl (C=O) groups is 1. The Labute approximate surface area is 156 Å². The van der Waals surface area contributed by atoms with Crippen LogP contribution in [0.2, 0.25) is 0 Å². The van der Waals surface area contributed by atoms with Crippen molar-refractivity contribution in [2.75, 3.05) is 0 Å². The van der Waals surface area contributed by atoms with Gasteiger partial charge in [0, 0.05) is 26.1 Å². The number of aromatic amines is 1. The third-order valence-electron chi connectivity index (χ3n) is 4.89. The van der Waals surface area contributed by atoms with Crippen molar-refractivity contribution in [3.63, 3.8) is 0 Å². The molecule has 2 aromatic rings. The van der Waals surface area contributed by atoms with Crippen LogP contribution in [0.5, 0.6) is 0 Å². The summed E-state index contributed by atoms with van der Waals surface area (Å²) in [6, 6.07) is -0.0153. The van der Waals surface area contributed by atoms with E-state index >= 15 is 0 Å². The van der Waals surface area contributed by atoms with Gasteiger partial charge in [0.05, 0.1) is 0 Å². The van der Waals surface area contributed by atoms with Crippen LogP contribution in [0.15, 0.2) is 9.59 Å². The van der Waals surface area contributed by atoms with E-state index < -0.39 is 17.4 Å². The second-order valence-corrected chi connectivity index (χ2v) is 8.23. The van der Waals surface area contributed by atoms with Crippen LogP contribution in [0, 0.1) is 0 Å². The zero-order valence-corrected chi connectivity index (χ0v) is 16.5. The highest BCUT2D eigenvalue weighted by Gasteiger charge is 2.28. The van der Waals surface area contributed by atoms with Crippen molar-refractivity contribution in [3.05, 3.63) is 26.7 Å². The Bertz CT molecular complexity index is 979. The first-order valence-electron chi connectivity index (χ1n) is 9.22. The molecule has 1 saturated carbocycles. The van der Waals surface area contributed by atoms with Crippen LogP contribution >= 0.6 is 0 Å². The van der Waals surface area contributed by atoms with Crippen molar-refractivity contribution < 1.29 is 9.53 Å². The first-order chi connectivity index (χ1) is 12.6. The lowest BCUT2D eigenvalue weighted by Crippen LogP contribution is -2.41. The number of fused-ring (bicyclic) bond motifs is 1. The van der Waals surface area contributed by atoms with Crippen molar-refractivity contribution in [3.8, 4) is 0 Å². The lowest BCUT2D eigenvalue weighted by molar-refractivity contribution is 0.0490. The Kier molecular flexibility index (Phi) is 4.88. The molecular formula is C18H27N5O4. The summed E-state index contributed by atoms with van der Waals surface area (Å²) in [5, 5.41) is 2.93. The molecule has 0 bridgehead atoms. The summed E-state index contributed by atoms with van der Waals surface area (Å²) in [6.07, 6.45) is 2.98. The Morgan fingerprint density at radius 1 is 1.22 bits per heavy atom. The summed E-state index contributed by atoms with van der Waals surface area (Å²) in [6.45, 7) is 5.49. The van der Waals surface area contributed by atoms with Gasteiger partial charge >= 0.3 is 11.8 Å². The molecule has 0 aliphatic heterocycles. The number of amides is 1. The van der Waals surface area contributed by atoms with Crippen molar-refractivity contribution in [1.29, 1.82) is 0 Å². The topological polar surface area (TPSA) is 111 Å². The molecule has 2 aromatic heterocycles. The van der Waals surface area contributed by atoms with E-state index in [-0.39, 0.29) is 17.5 Å². The smallest absolute Gasteiger partial charge is 0.407 e. The number of hydrogen-bond donors (Lipinski definition) is 2. The number of H-pyrrole nitrogens is 1. The molecule has 0 saturated heterocycles. The summed E-state index contributed by atoms with van der Waals surface area (Å²) >= 11 is 0. The number of carbonyl (C=O) groups excluding carboxylic acids is 1. The summed E-state index contributed by atoms with van der Waals surface area (Å²) in [5.41, 5.74) is -0.635. The Morgan fingerprint density at radius 2 is 1.93 bits per heavy atom. The lowest BCUT2D eigenvalue weighted by Gasteiger charge is -2.29. The molecule has 1 aliphatic rings. The van der Waals surface area contributed by atoms with Gasteiger partial charge in [-0.25, -0.2) is 14.6 Å². The van der Waals surface area contributed by atoms with Crippen LogP contribution < -0.4 is 16.6 Å². The molecule has 0 aromatic carbocycles. The van der Waals surface area contributed by atoms with E-state index in [1.165, 1.54) is 11.6 Å². The maximum Gasteiger partial charge on any atom is 0.407 e. The van der Waals surface area contributed by atoms with Gasteiger partial charge in [0.25, 0.3) is 5.56 Å². The number of nitrogens with one attached hydrogen (secondary N) is 2. The van der Waals surface area contributed by atoms with Crippen LogP contribution in [-0.2, 0) is 18.8 Å². The fraction of sp³-hybridized carbons (Fsp3) is 0.667. The van der Waals surface area contributed by atoms with E-state index in [1.54, 1.807) is 7.05 Å². The predicted molar refractivity (Wildman–Crippen MR) is 101 cm³/mol. The number of rotatable bonds is 2. The number of nitrogens with zero attached hydrogens (tertiary/aromatic N) is 3. The molecule has 2 atom stereocenters. The van der Waals surface area contributed by atoms with E-state index in [2.05, 4.69) is 15.3 Å². The number of ether oxygens (including phenoxy) is 1. The molecule has 2 unspecified atom stereocenters. The van der Waals surface area contributed by atoms with E-state index in [9.17, 15) is 14.4 Å². The Morgan fingerprint density at radius 3 is 2.59 bits per heavy atom. The molecule has 3 rings (SSSR count). The molecule has 27 heavy (non-hydrogen) atoms. The van der Waals surface area contributed by atoms with E-state index in [0.29, 0.717) is 23.4 Å². The fourth-order valence-electron chi connectivity index (χ4n) is 3.58. The van der Waals surface area contributed by atoms with Gasteiger partial charge in [-0.3, -0.25) is 13.9 Å². The van der Waals surface area contributed by atoms with Gasteiger partial charge in [0.2, 0.25) is 0 Å². The molecule has 2 N–H and O–H groups in total. The summed E-state index contributed by atoms with van der Waals surface area (Å²) in [5.74, 6) is 0.755. The van der Waals surface area contributed by atoms with Gasteiger partial charge in [-0.2, -0.15) is 0 Å². The fourth-order valence-corrected chi connectivity index (χ4v) is 3.58. The highest BCUT2D eigenvalue weighted by molar-refractivity contribution is 5.70. The normalized spacial score (nSPS) is 20.6. The number of alkyl carbamates (subject to hydrolysis) is 1. The van der Waals surface area contributed by atoms with Gasteiger partial charge in [-0.05, 0) is 40.0 Å². The minimum Gasteiger partial charge on any atom is -0.444 e. The molecule has 0 spiro atoms. The van der Waals surface area contributed by atoms with E-state index in [1.807, 2.05) is 20.8 Å². The molecule has 0 radical (unpaired) electrons. The highest BCUT2D eigenvalue weighted by Crippen LogP contribution is 2.32. The average molecular weight is 377 g/mol. The average Bonchev–Trinajstić information content (AvgIpc) is 3.02. The predicted octanol–water partition coefficient (Wildman–Crippen LogP) is 1.51. The standard InChI is InChI=1S/C18H27N5O4/c1-18(2,3)27-16(25)19-11-8-6-7-10(9-11)13-20-12-14(21-13)22(4)17(26)23(5)15(12)24/h10-11H,6-9H2,1-5H3,(H,19,25)(H,20,21). The van der Waals surface area contributed by atoms with Crippen molar-refractivity contribution in [1.82, 2.24) is 24.4 Å². The minimum absolute atomic E-state index is 0.0153. The van der Waals surface area contributed by atoms with Gasteiger partial charge in [0.15, 0.2) is 5.65 Å². The molecule has 1 aliphatic carbocycles. The van der Waals surface area contributed by atoms with Crippen LogP contribution in [0.25, 0.3) is 11.2 Å². The van der Waals surface area contributed by atoms with E-state index in [0.717, 1.165) is 23.8 Å². The van der Waals surface area contributed by atoms with Crippen LogP contribution in [0.4, 0.5) is 4.79 Å². The number of imidazole rings is 1. The van der Waals surface area contributed by atoms with E-state index in [4.69, 9.17) is 4.74 Å². The van der Waals surface area contributed by atoms with Gasteiger partial charge in [0.1, 0.15) is 16.9 Å². The van der Waals surface area contributed by atoms with Crippen molar-refractivity contribution in [2.45, 2.75) is 64.0 Å². The molecule has 1 amide bonds. The van der Waals surface area contributed by atoms with Gasteiger partial charge in [-0.15, -0.1) is 0 Å². The third kappa shape index (κ3) is 3.91. The first kappa shape index (κ1) is 19.2. The molecule has 1 fully saturated rings. The van der Waals surface area contributed by atoms with Crippen molar-refractivity contribution in [2.24, 2.45) is 14.1 Å². The zero-order valence-electron chi connectivity index (χ0n) is 16.5. The molecule has 148 valence electrons. The quantitative estimate of drug-likeness (QED) is 0.824. The molecular weight excluding hydrogens is 350 g/mol. The third-order valence-corrected chi connectivity index (χ3v) is 4.89. The molecule has 9 heteroatoms. The SMILES string of the molecule is Cn1c(=O)c2[nH]c(C3CCCC(NC(=O)OC(C)(C)C)C3)nc2n(C)c1=O. The maximum absolute atomic E-state index is 12.3. The second-order valence-electron chi connectivity index (χ2n) is 8.23. The number of aromatic nitrogens is 4. The molecule has 2 heterocycles. The molecule has 9 nitrogen and oxygen atoms in total. The van der Waals surface area contributed by atoms with Crippen LogP contribution in [0.1, 0.15) is 58.2 Å². The second kappa shape index (κ2) is 6.86. The van der Waals surface area contributed by atoms with Crippen LogP contribution in [0.3, 0.4) is 0 Å². The Balaban J connectivity index is 1.82. The number of hydrogen-bond acceptors (Lipinski definition) is 5. The highest BCUT2D eigenvalue weighted by atomic mass is 16.6.